The van der Waals surface area contributed by atoms with E-state index in [0.29, 0.717) is 5.92 Å². The van der Waals surface area contributed by atoms with Gasteiger partial charge in [-0.2, -0.15) is 0 Å². The monoisotopic (exact) mass is 278 g/mol. The molecule has 1 aromatic carbocycles. The second-order valence-electron chi connectivity index (χ2n) is 5.75. The van der Waals surface area contributed by atoms with Gasteiger partial charge >= 0.3 is 0 Å². The summed E-state index contributed by atoms with van der Waals surface area (Å²) in [5.74, 6) is 0.629. The molecule has 0 amide bonds. The van der Waals surface area contributed by atoms with Gasteiger partial charge in [0.1, 0.15) is 5.82 Å². The van der Waals surface area contributed by atoms with Gasteiger partial charge < -0.3 is 5.32 Å². The van der Waals surface area contributed by atoms with Crippen molar-refractivity contribution >= 4 is 0 Å². The average molecular weight is 278 g/mol. The minimum absolute atomic E-state index is 0.0698. The lowest BCUT2D eigenvalue weighted by Gasteiger charge is -2.35. The fourth-order valence-electron chi connectivity index (χ4n) is 3.31. The van der Waals surface area contributed by atoms with E-state index in [1.165, 1.54) is 12.8 Å². The van der Waals surface area contributed by atoms with Crippen molar-refractivity contribution in [2.45, 2.75) is 39.2 Å². The summed E-state index contributed by atoms with van der Waals surface area (Å²) in [6, 6.07) is 7.42. The first kappa shape index (κ1) is 15.5. The summed E-state index contributed by atoms with van der Waals surface area (Å²) in [6.07, 6.45) is 3.50. The minimum atomic E-state index is -0.0698. The highest BCUT2D eigenvalue weighted by molar-refractivity contribution is 5.21. The molecule has 2 atom stereocenters. The average Bonchev–Trinajstić information content (AvgIpc) is 2.49. The Balaban J connectivity index is 2.08. The number of piperidine rings is 1. The van der Waals surface area contributed by atoms with Gasteiger partial charge in [0.05, 0.1) is 0 Å². The van der Waals surface area contributed by atoms with Gasteiger partial charge in [0.25, 0.3) is 0 Å². The van der Waals surface area contributed by atoms with Crippen molar-refractivity contribution in [1.29, 1.82) is 0 Å². The van der Waals surface area contributed by atoms with E-state index in [2.05, 4.69) is 24.1 Å². The smallest absolute Gasteiger partial charge is 0.127 e. The predicted octanol–water partition coefficient (Wildman–Crippen LogP) is 3.60. The molecular formula is C17H27FN2. The zero-order valence-corrected chi connectivity index (χ0v) is 12.7. The van der Waals surface area contributed by atoms with E-state index in [9.17, 15) is 4.39 Å². The van der Waals surface area contributed by atoms with Gasteiger partial charge in [-0.25, -0.2) is 4.39 Å². The van der Waals surface area contributed by atoms with Crippen LogP contribution in [0.25, 0.3) is 0 Å². The van der Waals surface area contributed by atoms with Crippen LogP contribution in [0.4, 0.5) is 4.39 Å². The molecule has 1 aliphatic heterocycles. The summed E-state index contributed by atoms with van der Waals surface area (Å²) >= 11 is 0. The van der Waals surface area contributed by atoms with E-state index < -0.39 is 0 Å². The molecule has 0 saturated carbocycles. The third kappa shape index (κ3) is 3.80. The summed E-state index contributed by atoms with van der Waals surface area (Å²) in [6.45, 7) is 8.62. The highest BCUT2D eigenvalue weighted by Gasteiger charge is 2.23. The molecule has 1 aromatic rings. The number of hydrogen-bond acceptors (Lipinski definition) is 2. The standard InChI is InChI=1S/C17H27FN2/c1-3-17(15-9-5-6-10-16(15)18)20(4-2)13-14-8-7-11-19-12-14/h5-6,9-10,14,17,19H,3-4,7-8,11-13H2,1-2H3. The number of benzene rings is 1. The zero-order chi connectivity index (χ0) is 14.4. The minimum Gasteiger partial charge on any atom is -0.316 e. The molecule has 1 heterocycles. The van der Waals surface area contributed by atoms with Crippen molar-refractivity contribution in [3.8, 4) is 0 Å². The van der Waals surface area contributed by atoms with E-state index in [0.717, 1.165) is 38.2 Å². The first-order valence-electron chi connectivity index (χ1n) is 7.95. The van der Waals surface area contributed by atoms with Crippen molar-refractivity contribution in [3.05, 3.63) is 35.6 Å². The SMILES string of the molecule is CCC(c1ccccc1F)N(CC)CC1CCCNC1. The Morgan fingerprint density at radius 1 is 1.35 bits per heavy atom. The van der Waals surface area contributed by atoms with Crippen molar-refractivity contribution in [3.63, 3.8) is 0 Å². The third-order valence-electron chi connectivity index (χ3n) is 4.39. The molecule has 112 valence electrons. The lowest BCUT2D eigenvalue weighted by Crippen LogP contribution is -2.40. The summed E-state index contributed by atoms with van der Waals surface area (Å²) in [5, 5.41) is 3.47. The van der Waals surface area contributed by atoms with Gasteiger partial charge in [0, 0.05) is 18.2 Å². The molecule has 20 heavy (non-hydrogen) atoms. The van der Waals surface area contributed by atoms with Crippen LogP contribution in [0.1, 0.15) is 44.7 Å². The van der Waals surface area contributed by atoms with Crippen molar-refractivity contribution < 1.29 is 4.39 Å². The molecule has 3 heteroatoms. The Kier molecular flexibility index (Phi) is 5.99. The van der Waals surface area contributed by atoms with E-state index in [1.807, 2.05) is 12.1 Å². The Morgan fingerprint density at radius 2 is 2.15 bits per heavy atom. The highest BCUT2D eigenvalue weighted by atomic mass is 19.1. The van der Waals surface area contributed by atoms with Crippen LogP contribution in [0.15, 0.2) is 24.3 Å². The number of halogens is 1. The van der Waals surface area contributed by atoms with Crippen LogP contribution in [0.5, 0.6) is 0 Å². The molecule has 1 fully saturated rings. The highest BCUT2D eigenvalue weighted by Crippen LogP contribution is 2.27. The maximum Gasteiger partial charge on any atom is 0.127 e. The molecule has 2 unspecified atom stereocenters. The summed E-state index contributed by atoms with van der Waals surface area (Å²) in [7, 11) is 0. The first-order valence-corrected chi connectivity index (χ1v) is 7.95. The Morgan fingerprint density at radius 3 is 2.75 bits per heavy atom. The summed E-state index contributed by atoms with van der Waals surface area (Å²) in [5.41, 5.74) is 0.848. The fourth-order valence-corrected chi connectivity index (χ4v) is 3.31. The second kappa shape index (κ2) is 7.75. The van der Waals surface area contributed by atoms with E-state index in [1.54, 1.807) is 12.1 Å². The number of nitrogens with one attached hydrogen (secondary N) is 1. The van der Waals surface area contributed by atoms with Crippen LogP contribution >= 0.6 is 0 Å². The Labute approximate surface area is 122 Å². The predicted molar refractivity (Wildman–Crippen MR) is 82.3 cm³/mol. The van der Waals surface area contributed by atoms with Crippen LogP contribution < -0.4 is 5.32 Å². The molecule has 0 radical (unpaired) electrons. The number of hydrogen-bond donors (Lipinski definition) is 1. The molecule has 2 nitrogen and oxygen atoms in total. The molecule has 2 rings (SSSR count). The van der Waals surface area contributed by atoms with Gasteiger partial charge in [0.2, 0.25) is 0 Å². The maximum absolute atomic E-state index is 14.1. The van der Waals surface area contributed by atoms with Crippen molar-refractivity contribution in [2.24, 2.45) is 5.92 Å². The fraction of sp³-hybridized carbons (Fsp3) is 0.647. The lowest BCUT2D eigenvalue weighted by atomic mass is 9.96. The van der Waals surface area contributed by atoms with Crippen LogP contribution in [0.2, 0.25) is 0 Å². The van der Waals surface area contributed by atoms with Crippen LogP contribution in [-0.4, -0.2) is 31.1 Å². The van der Waals surface area contributed by atoms with E-state index >= 15 is 0 Å². The molecule has 1 aliphatic rings. The Hall–Kier alpha value is -0.930. The van der Waals surface area contributed by atoms with Gasteiger partial charge in [-0.05, 0) is 50.9 Å². The molecule has 0 bridgehead atoms. The van der Waals surface area contributed by atoms with Gasteiger partial charge in [-0.15, -0.1) is 0 Å². The summed E-state index contributed by atoms with van der Waals surface area (Å²) < 4.78 is 14.1. The quantitative estimate of drug-likeness (QED) is 0.855. The van der Waals surface area contributed by atoms with Crippen molar-refractivity contribution in [2.75, 3.05) is 26.2 Å². The lowest BCUT2D eigenvalue weighted by molar-refractivity contribution is 0.154. The second-order valence-corrected chi connectivity index (χ2v) is 5.75. The molecular weight excluding hydrogens is 251 g/mol. The first-order chi connectivity index (χ1) is 9.76. The normalized spacial score (nSPS) is 21.1. The molecule has 1 saturated heterocycles. The zero-order valence-electron chi connectivity index (χ0n) is 12.7. The summed E-state index contributed by atoms with van der Waals surface area (Å²) in [4.78, 5) is 2.44. The molecule has 0 aliphatic carbocycles. The molecule has 0 spiro atoms. The van der Waals surface area contributed by atoms with Crippen LogP contribution in [0, 0.1) is 11.7 Å². The van der Waals surface area contributed by atoms with Crippen molar-refractivity contribution in [1.82, 2.24) is 10.2 Å². The Bertz CT molecular complexity index is 402. The van der Waals surface area contributed by atoms with E-state index in [-0.39, 0.29) is 11.9 Å². The number of rotatable bonds is 6. The maximum atomic E-state index is 14.1. The largest absolute Gasteiger partial charge is 0.316 e. The van der Waals surface area contributed by atoms with Gasteiger partial charge in [0.15, 0.2) is 0 Å². The third-order valence-corrected chi connectivity index (χ3v) is 4.39. The van der Waals surface area contributed by atoms with Gasteiger partial charge in [-0.3, -0.25) is 4.90 Å². The van der Waals surface area contributed by atoms with E-state index in [4.69, 9.17) is 0 Å². The number of nitrogens with zero attached hydrogens (tertiary/aromatic N) is 1. The van der Waals surface area contributed by atoms with Crippen LogP contribution in [0.3, 0.4) is 0 Å². The molecule has 1 N–H and O–H groups in total. The van der Waals surface area contributed by atoms with Gasteiger partial charge in [-0.1, -0.05) is 32.0 Å². The van der Waals surface area contributed by atoms with Crippen LogP contribution in [-0.2, 0) is 0 Å². The molecule has 0 aromatic heterocycles. The topological polar surface area (TPSA) is 15.3 Å².